The summed E-state index contributed by atoms with van der Waals surface area (Å²) in [4.78, 5) is 5.04. The summed E-state index contributed by atoms with van der Waals surface area (Å²) in [5, 5.41) is 9.06. The minimum absolute atomic E-state index is 0.139. The first-order chi connectivity index (χ1) is 8.07. The first-order valence-electron chi connectivity index (χ1n) is 6.98. The van der Waals surface area contributed by atoms with Crippen LogP contribution in [-0.4, -0.2) is 46.1 Å². The molecule has 0 aromatic heterocycles. The Bertz CT molecular complexity index is 316. The van der Waals surface area contributed by atoms with Gasteiger partial charge in [-0.25, -0.2) is 0 Å². The Morgan fingerprint density at radius 2 is 1.50 bits per heavy atom. The molecule has 18 heavy (non-hydrogen) atoms. The third-order valence-corrected chi connectivity index (χ3v) is 3.89. The molecule has 1 saturated heterocycles. The van der Waals surface area contributed by atoms with Crippen molar-refractivity contribution in [3.8, 4) is 6.07 Å². The standard InChI is InChI=1S/C15H29N3/c1-12-10-18(15(5,6)7)13(8-9-16)11-17(12)14(2,3)4/h12-13H,8,10-11H2,1-7H3. The SMILES string of the molecule is CC1CN(C(C)(C)C)C(CC#N)CN1C(C)(C)C. The van der Waals surface area contributed by atoms with Crippen molar-refractivity contribution < 1.29 is 0 Å². The molecule has 0 radical (unpaired) electrons. The molecule has 0 spiro atoms. The van der Waals surface area contributed by atoms with Crippen molar-refractivity contribution in [2.45, 2.75) is 78.0 Å². The molecule has 0 bridgehead atoms. The molecular weight excluding hydrogens is 222 g/mol. The summed E-state index contributed by atoms with van der Waals surface area (Å²) in [7, 11) is 0. The van der Waals surface area contributed by atoms with Gasteiger partial charge in [-0.1, -0.05) is 0 Å². The number of piperazine rings is 1. The molecule has 0 aromatic carbocycles. The maximum Gasteiger partial charge on any atom is 0.0638 e. The molecule has 1 rings (SSSR count). The molecule has 1 aliphatic rings. The van der Waals surface area contributed by atoms with Crippen LogP contribution in [0.5, 0.6) is 0 Å². The van der Waals surface area contributed by atoms with E-state index in [1.807, 2.05) is 0 Å². The van der Waals surface area contributed by atoms with Crippen LogP contribution in [-0.2, 0) is 0 Å². The minimum atomic E-state index is 0.139. The van der Waals surface area contributed by atoms with E-state index in [1.54, 1.807) is 0 Å². The van der Waals surface area contributed by atoms with E-state index in [4.69, 9.17) is 5.26 Å². The third-order valence-electron chi connectivity index (χ3n) is 3.89. The van der Waals surface area contributed by atoms with E-state index in [1.165, 1.54) is 0 Å². The maximum absolute atomic E-state index is 9.06. The van der Waals surface area contributed by atoms with Crippen molar-refractivity contribution in [2.24, 2.45) is 0 Å². The van der Waals surface area contributed by atoms with Crippen LogP contribution < -0.4 is 0 Å². The van der Waals surface area contributed by atoms with E-state index in [9.17, 15) is 0 Å². The predicted molar refractivity (Wildman–Crippen MR) is 76.4 cm³/mol. The predicted octanol–water partition coefficient (Wildman–Crippen LogP) is 2.87. The van der Waals surface area contributed by atoms with Gasteiger partial charge in [0, 0.05) is 36.3 Å². The number of nitriles is 1. The van der Waals surface area contributed by atoms with Gasteiger partial charge in [0.15, 0.2) is 0 Å². The van der Waals surface area contributed by atoms with Gasteiger partial charge in [0.2, 0.25) is 0 Å². The lowest BCUT2D eigenvalue weighted by molar-refractivity contribution is -0.0513. The second kappa shape index (κ2) is 5.19. The molecule has 2 unspecified atom stereocenters. The number of hydrogen-bond acceptors (Lipinski definition) is 3. The lowest BCUT2D eigenvalue weighted by atomic mass is 9.92. The summed E-state index contributed by atoms with van der Waals surface area (Å²) in [6.45, 7) is 17.9. The van der Waals surface area contributed by atoms with Crippen LogP contribution in [0, 0.1) is 11.3 Å². The quantitative estimate of drug-likeness (QED) is 0.718. The zero-order chi connectivity index (χ0) is 14.1. The van der Waals surface area contributed by atoms with E-state index >= 15 is 0 Å². The molecule has 1 fully saturated rings. The van der Waals surface area contributed by atoms with E-state index in [2.05, 4.69) is 64.3 Å². The second-order valence-electron chi connectivity index (χ2n) is 7.51. The molecule has 0 amide bonds. The first kappa shape index (κ1) is 15.5. The Kier molecular flexibility index (Phi) is 4.46. The Hall–Kier alpha value is -0.590. The van der Waals surface area contributed by atoms with Gasteiger partial charge >= 0.3 is 0 Å². The highest BCUT2D eigenvalue weighted by molar-refractivity contribution is 4.99. The Morgan fingerprint density at radius 1 is 1.00 bits per heavy atom. The lowest BCUT2D eigenvalue weighted by Crippen LogP contribution is -2.65. The fraction of sp³-hybridized carbons (Fsp3) is 0.933. The van der Waals surface area contributed by atoms with Gasteiger partial charge < -0.3 is 0 Å². The fourth-order valence-electron chi connectivity index (χ4n) is 3.07. The van der Waals surface area contributed by atoms with Crippen molar-refractivity contribution >= 4 is 0 Å². The Balaban J connectivity index is 2.92. The Morgan fingerprint density at radius 3 is 1.89 bits per heavy atom. The molecule has 3 heteroatoms. The highest BCUT2D eigenvalue weighted by atomic mass is 15.3. The highest BCUT2D eigenvalue weighted by Crippen LogP contribution is 2.29. The summed E-state index contributed by atoms with van der Waals surface area (Å²) < 4.78 is 0. The zero-order valence-corrected chi connectivity index (χ0v) is 13.1. The maximum atomic E-state index is 9.06. The first-order valence-corrected chi connectivity index (χ1v) is 6.98. The van der Waals surface area contributed by atoms with Gasteiger partial charge in [-0.2, -0.15) is 5.26 Å². The number of rotatable bonds is 1. The van der Waals surface area contributed by atoms with Crippen molar-refractivity contribution in [2.75, 3.05) is 13.1 Å². The van der Waals surface area contributed by atoms with Crippen LogP contribution in [0.3, 0.4) is 0 Å². The fourth-order valence-corrected chi connectivity index (χ4v) is 3.07. The molecule has 0 saturated carbocycles. The molecule has 0 aromatic rings. The van der Waals surface area contributed by atoms with Crippen LogP contribution in [0.2, 0.25) is 0 Å². The van der Waals surface area contributed by atoms with Crippen molar-refractivity contribution in [1.82, 2.24) is 9.80 Å². The van der Waals surface area contributed by atoms with Gasteiger partial charge in [-0.15, -0.1) is 0 Å². The number of hydrogen-bond donors (Lipinski definition) is 0. The summed E-state index contributed by atoms with van der Waals surface area (Å²) >= 11 is 0. The zero-order valence-electron chi connectivity index (χ0n) is 13.1. The average Bonchev–Trinajstić information content (AvgIpc) is 2.17. The monoisotopic (exact) mass is 251 g/mol. The summed E-state index contributed by atoms with van der Waals surface area (Å²) in [5.74, 6) is 0. The molecule has 104 valence electrons. The largest absolute Gasteiger partial charge is 0.293 e. The van der Waals surface area contributed by atoms with E-state index in [0.717, 1.165) is 13.1 Å². The third kappa shape index (κ3) is 3.46. The molecular formula is C15H29N3. The van der Waals surface area contributed by atoms with Crippen LogP contribution in [0.15, 0.2) is 0 Å². The Labute approximate surface area is 113 Å². The van der Waals surface area contributed by atoms with Crippen LogP contribution in [0.4, 0.5) is 0 Å². The average molecular weight is 251 g/mol. The second-order valence-corrected chi connectivity index (χ2v) is 7.51. The van der Waals surface area contributed by atoms with Gasteiger partial charge in [0.1, 0.15) is 0 Å². The van der Waals surface area contributed by atoms with Crippen molar-refractivity contribution in [3.63, 3.8) is 0 Å². The van der Waals surface area contributed by atoms with E-state index in [-0.39, 0.29) is 11.1 Å². The van der Waals surface area contributed by atoms with Gasteiger partial charge in [-0.05, 0) is 48.5 Å². The highest BCUT2D eigenvalue weighted by Gasteiger charge is 2.40. The van der Waals surface area contributed by atoms with Crippen LogP contribution in [0.1, 0.15) is 54.9 Å². The smallest absolute Gasteiger partial charge is 0.0638 e. The summed E-state index contributed by atoms with van der Waals surface area (Å²) in [6.07, 6.45) is 0.622. The minimum Gasteiger partial charge on any atom is -0.293 e. The van der Waals surface area contributed by atoms with Crippen molar-refractivity contribution in [1.29, 1.82) is 5.26 Å². The normalized spacial score (nSPS) is 28.1. The molecule has 1 heterocycles. The molecule has 3 nitrogen and oxygen atoms in total. The summed E-state index contributed by atoms with van der Waals surface area (Å²) in [6, 6.07) is 3.25. The molecule has 1 aliphatic heterocycles. The molecule has 0 N–H and O–H groups in total. The van der Waals surface area contributed by atoms with E-state index < -0.39 is 0 Å². The van der Waals surface area contributed by atoms with E-state index in [0.29, 0.717) is 18.5 Å². The molecule has 0 aliphatic carbocycles. The topological polar surface area (TPSA) is 30.3 Å². The summed E-state index contributed by atoms with van der Waals surface area (Å²) in [5.41, 5.74) is 0.316. The van der Waals surface area contributed by atoms with Gasteiger partial charge in [0.25, 0.3) is 0 Å². The lowest BCUT2D eigenvalue weighted by Gasteiger charge is -2.54. The van der Waals surface area contributed by atoms with Crippen LogP contribution >= 0.6 is 0 Å². The van der Waals surface area contributed by atoms with Crippen molar-refractivity contribution in [3.05, 3.63) is 0 Å². The van der Waals surface area contributed by atoms with Gasteiger partial charge in [-0.3, -0.25) is 9.80 Å². The van der Waals surface area contributed by atoms with Crippen LogP contribution in [0.25, 0.3) is 0 Å². The number of nitrogens with zero attached hydrogens (tertiary/aromatic N) is 3. The van der Waals surface area contributed by atoms with Gasteiger partial charge in [0.05, 0.1) is 12.5 Å². The molecule has 2 atom stereocenters.